The van der Waals surface area contributed by atoms with Crippen LogP contribution in [-0.4, -0.2) is 29.4 Å². The minimum Gasteiger partial charge on any atom is -0.258 e. The van der Waals surface area contributed by atoms with Crippen LogP contribution in [0.1, 0.15) is 11.7 Å². The summed E-state index contributed by atoms with van der Waals surface area (Å²) < 4.78 is 3.48. The standard InChI is InChI=1S/C21H14N6O4/c28-26(29)17-6-8-19-15(10-17)12-22-24(19)21(14-4-2-1-3-5-14)25-20-9-7-18(27(30)31)11-16(20)13-23-25/h1-13,21H. The molecule has 0 aliphatic rings. The van der Waals surface area contributed by atoms with Crippen LogP contribution in [-0.2, 0) is 0 Å². The van der Waals surface area contributed by atoms with Crippen molar-refractivity contribution < 1.29 is 9.85 Å². The van der Waals surface area contributed by atoms with Crippen molar-refractivity contribution in [3.05, 3.63) is 105 Å². The number of nitro benzene ring substituents is 2. The molecular weight excluding hydrogens is 400 g/mol. The normalized spacial score (nSPS) is 11.4. The molecule has 0 spiro atoms. The van der Waals surface area contributed by atoms with Gasteiger partial charge in [-0.15, -0.1) is 0 Å². The molecular formula is C21H14N6O4. The summed E-state index contributed by atoms with van der Waals surface area (Å²) >= 11 is 0. The molecule has 0 bridgehead atoms. The molecule has 0 amide bonds. The van der Waals surface area contributed by atoms with Crippen LogP contribution in [0.5, 0.6) is 0 Å². The first-order chi connectivity index (χ1) is 15.0. The van der Waals surface area contributed by atoms with E-state index in [-0.39, 0.29) is 11.4 Å². The molecule has 152 valence electrons. The fourth-order valence-electron chi connectivity index (χ4n) is 3.71. The number of aromatic nitrogens is 4. The van der Waals surface area contributed by atoms with Crippen LogP contribution in [0, 0.1) is 20.2 Å². The minimum absolute atomic E-state index is 0.0137. The Labute approximate surface area is 174 Å². The third-order valence-electron chi connectivity index (χ3n) is 5.14. The maximum Gasteiger partial charge on any atom is 0.270 e. The third-order valence-corrected chi connectivity index (χ3v) is 5.14. The smallest absolute Gasteiger partial charge is 0.258 e. The summed E-state index contributed by atoms with van der Waals surface area (Å²) in [6, 6.07) is 18.7. The summed E-state index contributed by atoms with van der Waals surface area (Å²) in [4.78, 5) is 21.4. The molecule has 0 fully saturated rings. The Morgan fingerprint density at radius 3 is 1.65 bits per heavy atom. The predicted molar refractivity (Wildman–Crippen MR) is 113 cm³/mol. The van der Waals surface area contributed by atoms with Gasteiger partial charge in [-0.3, -0.25) is 20.2 Å². The number of fused-ring (bicyclic) bond motifs is 2. The van der Waals surface area contributed by atoms with Crippen LogP contribution in [0.3, 0.4) is 0 Å². The number of hydrogen-bond acceptors (Lipinski definition) is 6. The Bertz CT molecular complexity index is 1370. The van der Waals surface area contributed by atoms with Crippen molar-refractivity contribution in [3.8, 4) is 0 Å². The maximum atomic E-state index is 11.1. The van der Waals surface area contributed by atoms with Crippen LogP contribution in [0.15, 0.2) is 79.1 Å². The lowest BCUT2D eigenvalue weighted by Gasteiger charge is -2.21. The van der Waals surface area contributed by atoms with E-state index in [9.17, 15) is 20.2 Å². The maximum absolute atomic E-state index is 11.1. The summed E-state index contributed by atoms with van der Waals surface area (Å²) in [6.45, 7) is 0. The van der Waals surface area contributed by atoms with E-state index >= 15 is 0 Å². The number of benzene rings is 3. The first-order valence-corrected chi connectivity index (χ1v) is 9.31. The van der Waals surface area contributed by atoms with Crippen LogP contribution in [0.2, 0.25) is 0 Å². The first kappa shape index (κ1) is 18.4. The number of nitrogens with zero attached hydrogens (tertiary/aromatic N) is 6. The van der Waals surface area contributed by atoms with E-state index in [1.807, 2.05) is 30.3 Å². The molecule has 0 N–H and O–H groups in total. The highest BCUT2D eigenvalue weighted by Gasteiger charge is 2.23. The van der Waals surface area contributed by atoms with Crippen molar-refractivity contribution in [1.82, 2.24) is 19.6 Å². The van der Waals surface area contributed by atoms with Gasteiger partial charge in [0.05, 0.1) is 33.3 Å². The number of hydrogen-bond donors (Lipinski definition) is 0. The Hall–Kier alpha value is -4.60. The summed E-state index contributed by atoms with van der Waals surface area (Å²) in [6.07, 6.45) is 2.66. The lowest BCUT2D eigenvalue weighted by molar-refractivity contribution is -0.384. The van der Waals surface area contributed by atoms with Gasteiger partial charge in [0.15, 0.2) is 6.17 Å². The van der Waals surface area contributed by atoms with Gasteiger partial charge in [0.2, 0.25) is 0 Å². The average Bonchev–Trinajstić information content (AvgIpc) is 3.39. The molecule has 31 heavy (non-hydrogen) atoms. The van der Waals surface area contributed by atoms with E-state index in [0.717, 1.165) is 5.56 Å². The first-order valence-electron chi connectivity index (χ1n) is 9.31. The van der Waals surface area contributed by atoms with Gasteiger partial charge in [0, 0.05) is 35.0 Å². The van der Waals surface area contributed by atoms with Gasteiger partial charge in [-0.05, 0) is 17.7 Å². The van der Waals surface area contributed by atoms with E-state index in [0.29, 0.717) is 21.8 Å². The lowest BCUT2D eigenvalue weighted by Crippen LogP contribution is -2.21. The van der Waals surface area contributed by atoms with Crippen molar-refractivity contribution >= 4 is 33.2 Å². The Kier molecular flexibility index (Phi) is 4.18. The molecule has 5 aromatic rings. The Morgan fingerprint density at radius 2 is 1.19 bits per heavy atom. The topological polar surface area (TPSA) is 122 Å². The average molecular weight is 414 g/mol. The van der Waals surface area contributed by atoms with Crippen LogP contribution in [0.25, 0.3) is 21.8 Å². The van der Waals surface area contributed by atoms with Crippen LogP contribution in [0.4, 0.5) is 11.4 Å². The van der Waals surface area contributed by atoms with Crippen LogP contribution < -0.4 is 0 Å². The van der Waals surface area contributed by atoms with E-state index < -0.39 is 16.0 Å². The molecule has 2 aromatic heterocycles. The molecule has 2 heterocycles. The molecule has 10 nitrogen and oxygen atoms in total. The quantitative estimate of drug-likeness (QED) is 0.312. The highest BCUT2D eigenvalue weighted by Crippen LogP contribution is 2.30. The highest BCUT2D eigenvalue weighted by atomic mass is 16.6. The van der Waals surface area contributed by atoms with Crippen molar-refractivity contribution in [2.75, 3.05) is 0 Å². The molecule has 0 aliphatic heterocycles. The van der Waals surface area contributed by atoms with E-state index in [2.05, 4.69) is 10.2 Å². The van der Waals surface area contributed by atoms with E-state index in [1.54, 1.807) is 33.9 Å². The zero-order valence-electron chi connectivity index (χ0n) is 15.9. The summed E-state index contributed by atoms with van der Waals surface area (Å²) in [5.41, 5.74) is 2.25. The molecule has 0 atom stereocenters. The van der Waals surface area contributed by atoms with Crippen molar-refractivity contribution in [3.63, 3.8) is 0 Å². The van der Waals surface area contributed by atoms with E-state index in [4.69, 9.17) is 0 Å². The SMILES string of the molecule is O=[N+]([O-])c1ccc2c(cnn2C(c2ccccc2)n2ncc3cc([N+](=O)[O-])ccc32)c1. The largest absolute Gasteiger partial charge is 0.270 e. The molecule has 0 unspecified atom stereocenters. The fourth-order valence-corrected chi connectivity index (χ4v) is 3.71. The second kappa shape index (κ2) is 7.02. The molecule has 0 aliphatic carbocycles. The second-order valence-corrected chi connectivity index (χ2v) is 6.96. The van der Waals surface area contributed by atoms with Gasteiger partial charge in [-0.25, -0.2) is 9.36 Å². The van der Waals surface area contributed by atoms with Crippen molar-refractivity contribution in [2.24, 2.45) is 0 Å². The van der Waals surface area contributed by atoms with Gasteiger partial charge in [0.25, 0.3) is 11.4 Å². The van der Waals surface area contributed by atoms with Gasteiger partial charge in [-0.2, -0.15) is 10.2 Å². The fraction of sp³-hybridized carbons (Fsp3) is 0.0476. The molecule has 0 saturated carbocycles. The minimum atomic E-state index is -0.501. The van der Waals surface area contributed by atoms with Gasteiger partial charge >= 0.3 is 0 Å². The Balaban J connectivity index is 1.73. The number of non-ortho nitro benzene ring substituents is 2. The Morgan fingerprint density at radius 1 is 0.710 bits per heavy atom. The molecule has 0 radical (unpaired) electrons. The molecule has 0 saturated heterocycles. The molecule has 3 aromatic carbocycles. The summed E-state index contributed by atoms with van der Waals surface area (Å²) in [7, 11) is 0. The third kappa shape index (κ3) is 3.06. The predicted octanol–water partition coefficient (Wildman–Crippen LogP) is 4.30. The van der Waals surface area contributed by atoms with Crippen molar-refractivity contribution in [2.45, 2.75) is 6.17 Å². The number of rotatable bonds is 5. The molecule has 10 heteroatoms. The molecule has 5 rings (SSSR count). The highest BCUT2D eigenvalue weighted by molar-refractivity contribution is 5.83. The van der Waals surface area contributed by atoms with Crippen molar-refractivity contribution in [1.29, 1.82) is 0 Å². The van der Waals surface area contributed by atoms with Gasteiger partial charge in [-0.1, -0.05) is 30.3 Å². The summed E-state index contributed by atoms with van der Waals surface area (Å²) in [5, 5.41) is 32.5. The van der Waals surface area contributed by atoms with Gasteiger partial charge < -0.3 is 0 Å². The number of nitro groups is 2. The monoisotopic (exact) mass is 414 g/mol. The summed E-state index contributed by atoms with van der Waals surface area (Å²) in [5.74, 6) is 0. The zero-order valence-corrected chi connectivity index (χ0v) is 15.9. The zero-order chi connectivity index (χ0) is 21.5. The lowest BCUT2D eigenvalue weighted by atomic mass is 10.1. The second-order valence-electron chi connectivity index (χ2n) is 6.96. The van der Waals surface area contributed by atoms with Gasteiger partial charge in [0.1, 0.15) is 0 Å². The van der Waals surface area contributed by atoms with E-state index in [1.165, 1.54) is 24.3 Å². The van der Waals surface area contributed by atoms with Crippen LogP contribution >= 0.6 is 0 Å².